The average Bonchev–Trinajstić information content (AvgIpc) is 2.45. The van der Waals surface area contributed by atoms with Gasteiger partial charge in [-0.25, -0.2) is 9.79 Å². The largest absolute Gasteiger partial charge is 0.405 e. The molecule has 0 fully saturated rings. The van der Waals surface area contributed by atoms with Gasteiger partial charge in [0.2, 0.25) is 9.69 Å². The second-order valence-electron chi connectivity index (χ2n) is 4.17. The number of esters is 1. The number of benzene rings is 1. The molecule has 21 heavy (non-hydrogen) atoms. The van der Waals surface area contributed by atoms with Crippen LogP contribution in [0.15, 0.2) is 35.3 Å². The van der Waals surface area contributed by atoms with E-state index in [0.717, 1.165) is 5.56 Å². The molecule has 1 atom stereocenters. The number of aliphatic imine (C=N–C) groups is 1. The lowest BCUT2D eigenvalue weighted by Crippen LogP contribution is -2.36. The zero-order chi connectivity index (χ0) is 15.3. The summed E-state index contributed by atoms with van der Waals surface area (Å²) >= 11 is 16.5. The third kappa shape index (κ3) is 5.45. The molecule has 1 aliphatic rings. The molecule has 0 radical (unpaired) electrons. The first kappa shape index (κ1) is 16.5. The number of carbonyl (C=O) groups excluding carboxylic acids is 1. The van der Waals surface area contributed by atoms with Crippen molar-refractivity contribution in [2.75, 3.05) is 19.9 Å². The van der Waals surface area contributed by atoms with Gasteiger partial charge in [0.25, 0.3) is 0 Å². The van der Waals surface area contributed by atoms with E-state index in [1.165, 1.54) is 0 Å². The predicted octanol–water partition coefficient (Wildman–Crippen LogP) is 2.72. The van der Waals surface area contributed by atoms with Crippen molar-refractivity contribution < 1.29 is 19.0 Å². The monoisotopic (exact) mass is 351 g/mol. The molecule has 0 aliphatic carbocycles. The van der Waals surface area contributed by atoms with Crippen LogP contribution in [0.1, 0.15) is 5.56 Å². The maximum Gasteiger partial charge on any atom is 0.344 e. The van der Waals surface area contributed by atoms with Crippen LogP contribution in [0.2, 0.25) is 0 Å². The van der Waals surface area contributed by atoms with Crippen LogP contribution in [0.4, 0.5) is 0 Å². The van der Waals surface area contributed by atoms with Crippen molar-refractivity contribution in [3.8, 4) is 0 Å². The molecule has 0 amide bonds. The van der Waals surface area contributed by atoms with Crippen LogP contribution >= 0.6 is 34.8 Å². The number of rotatable bonds is 5. The summed E-state index contributed by atoms with van der Waals surface area (Å²) in [5.41, 5.74) is 0.733. The van der Waals surface area contributed by atoms with Crippen molar-refractivity contribution in [2.45, 2.75) is 9.90 Å². The summed E-state index contributed by atoms with van der Waals surface area (Å²) in [4.78, 5) is 16.0. The topological polar surface area (TPSA) is 57.1 Å². The number of nitrogens with zero attached hydrogens (tertiary/aromatic N) is 1. The van der Waals surface area contributed by atoms with Gasteiger partial charge in [0.15, 0.2) is 6.10 Å². The number of carbonyl (C=O) groups is 1. The van der Waals surface area contributed by atoms with Gasteiger partial charge in [-0.2, -0.15) is 0 Å². The fourth-order valence-electron chi connectivity index (χ4n) is 1.57. The Labute approximate surface area is 136 Å². The Balaban J connectivity index is 1.83. The Hall–Kier alpha value is -0.850. The van der Waals surface area contributed by atoms with Crippen molar-refractivity contribution in [2.24, 2.45) is 4.99 Å². The molecule has 0 aromatic heterocycles. The average molecular weight is 353 g/mol. The number of hydrogen-bond acceptors (Lipinski definition) is 5. The SMILES string of the molecule is O=C1OC(c2ccccc2)=NC[C@H]1OCOCC(Cl)(Cl)Cl. The van der Waals surface area contributed by atoms with Gasteiger partial charge in [-0.1, -0.05) is 53.0 Å². The lowest BCUT2D eigenvalue weighted by molar-refractivity contribution is -0.159. The zero-order valence-corrected chi connectivity index (χ0v) is 13.1. The van der Waals surface area contributed by atoms with Crippen molar-refractivity contribution in [3.63, 3.8) is 0 Å². The van der Waals surface area contributed by atoms with Crippen LogP contribution in [0.25, 0.3) is 0 Å². The molecule has 8 heteroatoms. The standard InChI is InChI=1S/C13H12Cl3NO4/c14-13(15,16)7-19-8-20-10-6-17-11(21-12(10)18)9-4-2-1-3-5-9/h1-5,10H,6-8H2/t10-/m1/s1. The Morgan fingerprint density at radius 3 is 2.62 bits per heavy atom. The molecule has 0 bridgehead atoms. The molecule has 114 valence electrons. The van der Waals surface area contributed by atoms with Crippen LogP contribution in [-0.4, -0.2) is 41.7 Å². The number of cyclic esters (lactones) is 1. The molecule has 1 aromatic carbocycles. The number of alkyl halides is 3. The summed E-state index contributed by atoms with van der Waals surface area (Å²) < 4.78 is 13.8. The van der Waals surface area contributed by atoms with Crippen LogP contribution in [-0.2, 0) is 19.0 Å². The fourth-order valence-corrected chi connectivity index (χ4v) is 1.80. The second kappa shape index (κ2) is 7.42. The summed E-state index contributed by atoms with van der Waals surface area (Å²) in [7, 11) is 0. The number of halogens is 3. The highest BCUT2D eigenvalue weighted by Crippen LogP contribution is 2.25. The molecule has 0 saturated carbocycles. The van der Waals surface area contributed by atoms with Gasteiger partial charge < -0.3 is 14.2 Å². The molecule has 0 spiro atoms. The summed E-state index contributed by atoms with van der Waals surface area (Å²) in [6, 6.07) is 9.13. The molecule has 1 aliphatic heterocycles. The van der Waals surface area contributed by atoms with E-state index in [0.29, 0.717) is 0 Å². The van der Waals surface area contributed by atoms with E-state index in [1.807, 2.05) is 18.2 Å². The molecule has 0 N–H and O–H groups in total. The normalized spacial score (nSPS) is 19.1. The first-order chi connectivity index (χ1) is 9.96. The molecule has 5 nitrogen and oxygen atoms in total. The molecule has 2 rings (SSSR count). The van der Waals surface area contributed by atoms with Crippen LogP contribution in [0.3, 0.4) is 0 Å². The Kier molecular flexibility index (Phi) is 5.84. The maximum absolute atomic E-state index is 11.8. The van der Waals surface area contributed by atoms with E-state index in [9.17, 15) is 4.79 Å². The minimum Gasteiger partial charge on any atom is -0.405 e. The van der Waals surface area contributed by atoms with E-state index in [1.54, 1.807) is 12.1 Å². The number of ether oxygens (including phenoxy) is 3. The van der Waals surface area contributed by atoms with E-state index in [2.05, 4.69) is 4.99 Å². The van der Waals surface area contributed by atoms with Crippen molar-refractivity contribution in [1.82, 2.24) is 0 Å². The van der Waals surface area contributed by atoms with E-state index in [4.69, 9.17) is 49.0 Å². The van der Waals surface area contributed by atoms with Crippen LogP contribution in [0, 0.1) is 0 Å². The third-order valence-corrected chi connectivity index (χ3v) is 2.83. The fraction of sp³-hybridized carbons (Fsp3) is 0.385. The van der Waals surface area contributed by atoms with Gasteiger partial charge in [0.1, 0.15) is 6.79 Å². The highest BCUT2D eigenvalue weighted by molar-refractivity contribution is 6.67. The summed E-state index contributed by atoms with van der Waals surface area (Å²) in [5, 5.41) is 0. The van der Waals surface area contributed by atoms with E-state index >= 15 is 0 Å². The lowest BCUT2D eigenvalue weighted by Gasteiger charge is -2.21. The summed E-state index contributed by atoms with van der Waals surface area (Å²) in [5.74, 6) is -0.246. The van der Waals surface area contributed by atoms with Crippen molar-refractivity contribution in [3.05, 3.63) is 35.9 Å². The Morgan fingerprint density at radius 1 is 1.29 bits per heavy atom. The lowest BCUT2D eigenvalue weighted by atomic mass is 10.2. The zero-order valence-electron chi connectivity index (χ0n) is 10.8. The molecule has 0 saturated heterocycles. The third-order valence-electron chi connectivity index (χ3n) is 2.50. The molecular formula is C13H12Cl3NO4. The van der Waals surface area contributed by atoms with Crippen LogP contribution < -0.4 is 0 Å². The minimum atomic E-state index is -1.52. The highest BCUT2D eigenvalue weighted by Gasteiger charge is 2.28. The molecule has 0 unspecified atom stereocenters. The summed E-state index contributed by atoms with van der Waals surface area (Å²) in [6.07, 6.45) is -0.826. The number of hydrogen-bond donors (Lipinski definition) is 0. The van der Waals surface area contributed by atoms with Crippen molar-refractivity contribution in [1.29, 1.82) is 0 Å². The summed E-state index contributed by atoms with van der Waals surface area (Å²) in [6.45, 7) is -0.179. The quantitative estimate of drug-likeness (QED) is 0.354. The van der Waals surface area contributed by atoms with Gasteiger partial charge >= 0.3 is 5.97 Å². The molecular weight excluding hydrogens is 341 g/mol. The second-order valence-corrected chi connectivity index (χ2v) is 6.69. The first-order valence-corrected chi connectivity index (χ1v) is 7.17. The van der Waals surface area contributed by atoms with Gasteiger partial charge in [0.05, 0.1) is 13.2 Å². The van der Waals surface area contributed by atoms with Gasteiger partial charge in [-0.15, -0.1) is 0 Å². The minimum absolute atomic E-state index is 0.141. The molecule has 1 aromatic rings. The molecule has 1 heterocycles. The van der Waals surface area contributed by atoms with Gasteiger partial charge in [-0.3, -0.25) is 0 Å². The smallest absolute Gasteiger partial charge is 0.344 e. The predicted molar refractivity (Wildman–Crippen MR) is 79.9 cm³/mol. The Bertz CT molecular complexity index is 516. The van der Waals surface area contributed by atoms with Gasteiger partial charge in [-0.05, 0) is 12.1 Å². The van der Waals surface area contributed by atoms with Crippen LogP contribution in [0.5, 0.6) is 0 Å². The van der Waals surface area contributed by atoms with E-state index in [-0.39, 0.29) is 25.8 Å². The highest BCUT2D eigenvalue weighted by atomic mass is 35.6. The van der Waals surface area contributed by atoms with Gasteiger partial charge in [0, 0.05) is 5.56 Å². The van der Waals surface area contributed by atoms with Crippen molar-refractivity contribution >= 4 is 46.7 Å². The Morgan fingerprint density at radius 2 is 2.00 bits per heavy atom. The first-order valence-electron chi connectivity index (χ1n) is 6.03. The van der Waals surface area contributed by atoms with E-state index < -0.39 is 15.9 Å². The maximum atomic E-state index is 11.8.